The summed E-state index contributed by atoms with van der Waals surface area (Å²) in [6.07, 6.45) is 0. The lowest BCUT2D eigenvalue weighted by Gasteiger charge is -2.09. The Morgan fingerprint density at radius 2 is 1.95 bits per heavy atom. The van der Waals surface area contributed by atoms with Crippen LogP contribution >= 0.6 is 0 Å². The van der Waals surface area contributed by atoms with Crippen LogP contribution in [-0.4, -0.2) is 17.5 Å². The average Bonchev–Trinajstić information content (AvgIpc) is 2.47. The van der Waals surface area contributed by atoms with E-state index in [2.05, 4.69) is 0 Å². The molecule has 0 aliphatic carbocycles. The number of aryl methyl sites for hydroxylation is 2. The van der Waals surface area contributed by atoms with Gasteiger partial charge in [0.2, 0.25) is 0 Å². The largest absolute Gasteiger partial charge is 0.485 e. The number of carbonyl (C=O) groups excluding carboxylic acids is 1. The number of benzene rings is 2. The van der Waals surface area contributed by atoms with Gasteiger partial charge in [-0.3, -0.25) is 4.79 Å². The number of Topliss-reactive ketones (excluding diaryl/α,β-unsaturated/α-hetero) is 1. The van der Waals surface area contributed by atoms with Crippen LogP contribution in [0.1, 0.15) is 27.0 Å². The third-order valence-electron chi connectivity index (χ3n) is 3.14. The van der Waals surface area contributed by atoms with Crippen LogP contribution in [0, 0.1) is 13.8 Å². The number of hydrogen-bond donors (Lipinski definition) is 1. The van der Waals surface area contributed by atoms with E-state index < -0.39 is 0 Å². The summed E-state index contributed by atoms with van der Waals surface area (Å²) in [6.45, 7) is 3.84. The summed E-state index contributed by atoms with van der Waals surface area (Å²) >= 11 is 0. The lowest BCUT2D eigenvalue weighted by atomic mass is 10.0. The minimum Gasteiger partial charge on any atom is -0.485 e. The van der Waals surface area contributed by atoms with E-state index in [9.17, 15) is 4.79 Å². The summed E-state index contributed by atoms with van der Waals surface area (Å²) in [5, 5.41) is 9.06. The van der Waals surface area contributed by atoms with Crippen LogP contribution in [0.5, 0.6) is 5.75 Å². The minimum atomic E-state index is -0.0411. The van der Waals surface area contributed by atoms with Crippen molar-refractivity contribution < 1.29 is 14.6 Å². The summed E-state index contributed by atoms with van der Waals surface area (Å²) in [4.78, 5) is 12.2. The Labute approximate surface area is 118 Å². The minimum absolute atomic E-state index is 0.000818. The van der Waals surface area contributed by atoms with Gasteiger partial charge in [0, 0.05) is 5.56 Å². The van der Waals surface area contributed by atoms with E-state index in [-0.39, 0.29) is 19.0 Å². The second kappa shape index (κ2) is 6.35. The molecule has 0 aromatic heterocycles. The van der Waals surface area contributed by atoms with Gasteiger partial charge in [0.05, 0.1) is 6.61 Å². The molecule has 3 nitrogen and oxygen atoms in total. The van der Waals surface area contributed by atoms with Gasteiger partial charge in [-0.05, 0) is 43.2 Å². The van der Waals surface area contributed by atoms with Gasteiger partial charge < -0.3 is 9.84 Å². The molecule has 0 spiro atoms. The van der Waals surface area contributed by atoms with E-state index in [4.69, 9.17) is 9.84 Å². The van der Waals surface area contributed by atoms with Crippen molar-refractivity contribution in [2.75, 3.05) is 6.61 Å². The van der Waals surface area contributed by atoms with Crippen molar-refractivity contribution in [3.63, 3.8) is 0 Å². The highest BCUT2D eigenvalue weighted by molar-refractivity contribution is 5.98. The molecule has 104 valence electrons. The molecule has 0 radical (unpaired) electrons. The topological polar surface area (TPSA) is 46.5 Å². The second-order valence-electron chi connectivity index (χ2n) is 4.84. The van der Waals surface area contributed by atoms with Crippen LogP contribution in [0.3, 0.4) is 0 Å². The van der Waals surface area contributed by atoms with Gasteiger partial charge in [-0.1, -0.05) is 29.8 Å². The molecule has 2 rings (SSSR count). The molecule has 0 unspecified atom stereocenters. The molecular formula is C17H18O3. The van der Waals surface area contributed by atoms with Crippen molar-refractivity contribution in [1.29, 1.82) is 0 Å². The van der Waals surface area contributed by atoms with Crippen molar-refractivity contribution in [3.05, 3.63) is 64.7 Å². The van der Waals surface area contributed by atoms with E-state index >= 15 is 0 Å². The summed E-state index contributed by atoms with van der Waals surface area (Å²) in [5.74, 6) is 0.552. The van der Waals surface area contributed by atoms with Crippen molar-refractivity contribution in [3.8, 4) is 5.75 Å². The molecule has 0 atom stereocenters. The zero-order valence-corrected chi connectivity index (χ0v) is 11.7. The number of ether oxygens (including phenoxy) is 1. The Morgan fingerprint density at radius 1 is 1.15 bits per heavy atom. The van der Waals surface area contributed by atoms with Gasteiger partial charge >= 0.3 is 0 Å². The second-order valence-corrected chi connectivity index (χ2v) is 4.84. The standard InChI is InChI=1S/C17H18O3/c1-12-6-7-13(2)16(8-12)17(19)11-20-15-5-3-4-14(9-15)10-18/h3-9,18H,10-11H2,1-2H3. The maximum atomic E-state index is 12.2. The van der Waals surface area contributed by atoms with Crippen LogP contribution < -0.4 is 4.74 Å². The normalized spacial score (nSPS) is 10.3. The molecule has 1 N–H and O–H groups in total. The fraction of sp³-hybridized carbons (Fsp3) is 0.235. The molecule has 0 heterocycles. The molecular weight excluding hydrogens is 252 g/mol. The lowest BCUT2D eigenvalue weighted by Crippen LogP contribution is -2.13. The quantitative estimate of drug-likeness (QED) is 0.849. The van der Waals surface area contributed by atoms with E-state index in [1.54, 1.807) is 24.3 Å². The third-order valence-corrected chi connectivity index (χ3v) is 3.14. The van der Waals surface area contributed by atoms with Crippen molar-refractivity contribution in [2.24, 2.45) is 0 Å². The van der Waals surface area contributed by atoms with Crippen molar-refractivity contribution >= 4 is 5.78 Å². The number of ketones is 1. The molecule has 0 bridgehead atoms. The monoisotopic (exact) mass is 270 g/mol. The summed E-state index contributed by atoms with van der Waals surface area (Å²) in [6, 6.07) is 12.9. The molecule has 2 aromatic carbocycles. The third kappa shape index (κ3) is 3.45. The molecule has 3 heteroatoms. The van der Waals surface area contributed by atoms with E-state index in [0.717, 1.165) is 16.7 Å². The number of rotatable bonds is 5. The van der Waals surface area contributed by atoms with E-state index in [1.165, 1.54) is 0 Å². The maximum absolute atomic E-state index is 12.2. The molecule has 0 fully saturated rings. The van der Waals surface area contributed by atoms with Crippen LogP contribution in [0.2, 0.25) is 0 Å². The Balaban J connectivity index is 2.06. The summed E-state index contributed by atoms with van der Waals surface area (Å²) in [7, 11) is 0. The molecule has 0 amide bonds. The van der Waals surface area contributed by atoms with Gasteiger partial charge in [-0.2, -0.15) is 0 Å². The van der Waals surface area contributed by atoms with Gasteiger partial charge in [-0.25, -0.2) is 0 Å². The number of aliphatic hydroxyl groups is 1. The highest BCUT2D eigenvalue weighted by atomic mass is 16.5. The van der Waals surface area contributed by atoms with Crippen molar-refractivity contribution in [2.45, 2.75) is 20.5 Å². The van der Waals surface area contributed by atoms with Crippen LogP contribution in [0.25, 0.3) is 0 Å². The van der Waals surface area contributed by atoms with Crippen LogP contribution in [0.4, 0.5) is 0 Å². The first kappa shape index (κ1) is 14.3. The Bertz CT molecular complexity index is 617. The lowest BCUT2D eigenvalue weighted by molar-refractivity contribution is 0.0920. The maximum Gasteiger partial charge on any atom is 0.200 e. The first-order valence-electron chi connectivity index (χ1n) is 6.53. The van der Waals surface area contributed by atoms with Crippen molar-refractivity contribution in [1.82, 2.24) is 0 Å². The predicted molar refractivity (Wildman–Crippen MR) is 78.1 cm³/mol. The first-order chi connectivity index (χ1) is 9.60. The van der Waals surface area contributed by atoms with Gasteiger partial charge in [0.1, 0.15) is 5.75 Å². The van der Waals surface area contributed by atoms with E-state index in [1.807, 2.05) is 32.0 Å². The zero-order chi connectivity index (χ0) is 14.5. The Hall–Kier alpha value is -2.13. The fourth-order valence-corrected chi connectivity index (χ4v) is 2.00. The van der Waals surface area contributed by atoms with E-state index in [0.29, 0.717) is 11.3 Å². The molecule has 20 heavy (non-hydrogen) atoms. The van der Waals surface area contributed by atoms with Gasteiger partial charge in [0.25, 0.3) is 0 Å². The number of aliphatic hydroxyl groups excluding tert-OH is 1. The Kier molecular flexibility index (Phi) is 4.53. The summed E-state index contributed by atoms with van der Waals surface area (Å²) < 4.78 is 5.50. The number of hydrogen-bond acceptors (Lipinski definition) is 3. The molecule has 0 aliphatic rings. The Morgan fingerprint density at radius 3 is 2.70 bits per heavy atom. The zero-order valence-electron chi connectivity index (χ0n) is 11.7. The first-order valence-corrected chi connectivity index (χ1v) is 6.53. The molecule has 2 aromatic rings. The molecule has 0 saturated heterocycles. The molecule has 0 aliphatic heterocycles. The number of carbonyl (C=O) groups is 1. The SMILES string of the molecule is Cc1ccc(C)c(C(=O)COc2cccc(CO)c2)c1. The summed E-state index contributed by atoms with van der Waals surface area (Å²) in [5.41, 5.74) is 3.47. The fourth-order valence-electron chi connectivity index (χ4n) is 2.00. The smallest absolute Gasteiger partial charge is 0.200 e. The van der Waals surface area contributed by atoms with Gasteiger partial charge in [-0.15, -0.1) is 0 Å². The van der Waals surface area contributed by atoms with Gasteiger partial charge in [0.15, 0.2) is 12.4 Å². The average molecular weight is 270 g/mol. The predicted octanol–water partition coefficient (Wildman–Crippen LogP) is 3.06. The van der Waals surface area contributed by atoms with Crippen LogP contribution in [-0.2, 0) is 6.61 Å². The van der Waals surface area contributed by atoms with Crippen LogP contribution in [0.15, 0.2) is 42.5 Å². The highest BCUT2D eigenvalue weighted by Gasteiger charge is 2.10. The highest BCUT2D eigenvalue weighted by Crippen LogP contribution is 2.15. The molecule has 0 saturated carbocycles.